The highest BCUT2D eigenvalue weighted by molar-refractivity contribution is 6.33. The van der Waals surface area contributed by atoms with Crippen LogP contribution < -0.4 is 5.32 Å². The van der Waals surface area contributed by atoms with E-state index in [4.69, 9.17) is 21.4 Å². The molecule has 0 saturated heterocycles. The first-order valence-electron chi connectivity index (χ1n) is 5.27. The number of hydrogen-bond acceptors (Lipinski definition) is 3. The Morgan fingerprint density at radius 2 is 2.12 bits per heavy atom. The number of anilines is 1. The molecule has 0 aliphatic heterocycles. The Bertz CT molecular complexity index is 344. The van der Waals surface area contributed by atoms with Crippen LogP contribution in [-0.4, -0.2) is 24.4 Å². The number of hydrogen-bond donors (Lipinski definition) is 2. The second kappa shape index (κ2) is 6.09. The molecule has 1 rings (SSSR count). The summed E-state index contributed by atoms with van der Waals surface area (Å²) in [5, 5.41) is 13.0. The molecule has 0 spiro atoms. The summed E-state index contributed by atoms with van der Waals surface area (Å²) in [6.45, 7) is 4.03. The first-order valence-corrected chi connectivity index (χ1v) is 5.65. The summed E-state index contributed by atoms with van der Waals surface area (Å²) in [6, 6.07) is 5.58. The minimum absolute atomic E-state index is 0.0139. The molecule has 16 heavy (non-hydrogen) atoms. The third-order valence-electron chi connectivity index (χ3n) is 2.67. The molecule has 0 radical (unpaired) electrons. The van der Waals surface area contributed by atoms with Gasteiger partial charge in [0.1, 0.15) is 0 Å². The van der Waals surface area contributed by atoms with E-state index >= 15 is 0 Å². The van der Waals surface area contributed by atoms with Crippen LogP contribution >= 0.6 is 11.6 Å². The van der Waals surface area contributed by atoms with Gasteiger partial charge in [-0.3, -0.25) is 0 Å². The minimum Gasteiger partial charge on any atom is -0.392 e. The maximum Gasteiger partial charge on any atom is 0.0741 e. The summed E-state index contributed by atoms with van der Waals surface area (Å²) in [6.07, 6.45) is 0.0915. The quantitative estimate of drug-likeness (QED) is 0.836. The Morgan fingerprint density at radius 3 is 2.69 bits per heavy atom. The van der Waals surface area contributed by atoms with Crippen molar-refractivity contribution >= 4 is 17.3 Å². The number of ether oxygens (including phenoxy) is 1. The molecule has 0 aromatic heterocycles. The predicted octanol–water partition coefficient (Wildman–Crippen LogP) is 2.67. The SMILES string of the molecule is COC(C)C(C)Nc1cc(CO)ccc1Cl. The maximum atomic E-state index is 9.05. The van der Waals surface area contributed by atoms with Crippen molar-refractivity contribution in [1.29, 1.82) is 0 Å². The first kappa shape index (κ1) is 13.3. The normalized spacial score (nSPS) is 14.6. The third kappa shape index (κ3) is 3.37. The lowest BCUT2D eigenvalue weighted by Crippen LogP contribution is -2.29. The van der Waals surface area contributed by atoms with Crippen LogP contribution in [0.15, 0.2) is 18.2 Å². The summed E-state index contributed by atoms with van der Waals surface area (Å²) in [5.41, 5.74) is 1.66. The van der Waals surface area contributed by atoms with Gasteiger partial charge in [0.15, 0.2) is 0 Å². The number of halogens is 1. The van der Waals surface area contributed by atoms with E-state index in [1.54, 1.807) is 19.2 Å². The second-order valence-electron chi connectivity index (χ2n) is 3.85. The van der Waals surface area contributed by atoms with Crippen LogP contribution in [0.4, 0.5) is 5.69 Å². The fourth-order valence-corrected chi connectivity index (χ4v) is 1.52. The second-order valence-corrected chi connectivity index (χ2v) is 4.25. The van der Waals surface area contributed by atoms with Crippen LogP contribution in [0.5, 0.6) is 0 Å². The average Bonchev–Trinajstić information content (AvgIpc) is 2.30. The van der Waals surface area contributed by atoms with E-state index in [-0.39, 0.29) is 18.8 Å². The first-order chi connectivity index (χ1) is 7.58. The molecule has 0 heterocycles. The lowest BCUT2D eigenvalue weighted by Gasteiger charge is -2.22. The van der Waals surface area contributed by atoms with Gasteiger partial charge in [0.25, 0.3) is 0 Å². The molecule has 2 unspecified atom stereocenters. The molecular formula is C12H18ClNO2. The van der Waals surface area contributed by atoms with E-state index in [9.17, 15) is 0 Å². The van der Waals surface area contributed by atoms with Crippen molar-refractivity contribution in [1.82, 2.24) is 0 Å². The van der Waals surface area contributed by atoms with E-state index in [0.717, 1.165) is 11.3 Å². The molecule has 0 aliphatic rings. The van der Waals surface area contributed by atoms with Crippen LogP contribution in [0.25, 0.3) is 0 Å². The third-order valence-corrected chi connectivity index (χ3v) is 3.00. The number of benzene rings is 1. The lowest BCUT2D eigenvalue weighted by molar-refractivity contribution is 0.106. The average molecular weight is 244 g/mol. The van der Waals surface area contributed by atoms with Gasteiger partial charge in [-0.1, -0.05) is 17.7 Å². The smallest absolute Gasteiger partial charge is 0.0741 e. The summed E-state index contributed by atoms with van der Waals surface area (Å²) in [4.78, 5) is 0. The molecule has 0 aliphatic carbocycles. The largest absolute Gasteiger partial charge is 0.392 e. The fourth-order valence-electron chi connectivity index (χ4n) is 1.35. The van der Waals surface area contributed by atoms with E-state index in [1.165, 1.54) is 0 Å². The van der Waals surface area contributed by atoms with Crippen molar-refractivity contribution in [2.45, 2.75) is 32.6 Å². The van der Waals surface area contributed by atoms with E-state index in [2.05, 4.69) is 5.32 Å². The molecule has 1 aromatic carbocycles. The lowest BCUT2D eigenvalue weighted by atomic mass is 10.1. The number of aliphatic hydroxyl groups is 1. The van der Waals surface area contributed by atoms with Gasteiger partial charge in [0.05, 0.1) is 23.4 Å². The Kier molecular flexibility index (Phi) is 5.06. The van der Waals surface area contributed by atoms with Gasteiger partial charge in [-0.15, -0.1) is 0 Å². The number of nitrogens with one attached hydrogen (secondary N) is 1. The Hall–Kier alpha value is -0.770. The van der Waals surface area contributed by atoms with E-state index in [0.29, 0.717) is 5.02 Å². The zero-order chi connectivity index (χ0) is 12.1. The van der Waals surface area contributed by atoms with Gasteiger partial charge in [0, 0.05) is 13.2 Å². The monoisotopic (exact) mass is 243 g/mol. The van der Waals surface area contributed by atoms with Crippen molar-refractivity contribution in [3.63, 3.8) is 0 Å². The van der Waals surface area contributed by atoms with Gasteiger partial charge in [-0.25, -0.2) is 0 Å². The van der Waals surface area contributed by atoms with Crippen LogP contribution in [0.1, 0.15) is 19.4 Å². The van der Waals surface area contributed by atoms with E-state index in [1.807, 2.05) is 19.9 Å². The molecule has 2 N–H and O–H groups in total. The highest BCUT2D eigenvalue weighted by atomic mass is 35.5. The summed E-state index contributed by atoms with van der Waals surface area (Å²) >= 11 is 6.06. The molecule has 4 heteroatoms. The topological polar surface area (TPSA) is 41.5 Å². The fraction of sp³-hybridized carbons (Fsp3) is 0.500. The molecule has 0 bridgehead atoms. The van der Waals surface area contributed by atoms with Crippen LogP contribution in [-0.2, 0) is 11.3 Å². The number of methoxy groups -OCH3 is 1. The standard InChI is InChI=1S/C12H18ClNO2/c1-8(9(2)16-3)14-12-6-10(7-15)4-5-11(12)13/h4-6,8-9,14-15H,7H2,1-3H3. The van der Waals surface area contributed by atoms with Crippen molar-refractivity contribution in [2.24, 2.45) is 0 Å². The summed E-state index contributed by atoms with van der Waals surface area (Å²) in [7, 11) is 1.68. The maximum absolute atomic E-state index is 9.05. The van der Waals surface area contributed by atoms with Crippen LogP contribution in [0, 0.1) is 0 Å². The van der Waals surface area contributed by atoms with Gasteiger partial charge in [-0.05, 0) is 31.5 Å². The van der Waals surface area contributed by atoms with Crippen LogP contribution in [0.2, 0.25) is 5.02 Å². The summed E-state index contributed by atoms with van der Waals surface area (Å²) in [5.74, 6) is 0. The summed E-state index contributed by atoms with van der Waals surface area (Å²) < 4.78 is 5.23. The van der Waals surface area contributed by atoms with Crippen molar-refractivity contribution in [3.05, 3.63) is 28.8 Å². The number of rotatable bonds is 5. The predicted molar refractivity (Wildman–Crippen MR) is 66.9 cm³/mol. The Labute approximate surface area is 101 Å². The molecule has 0 amide bonds. The Balaban J connectivity index is 2.79. The van der Waals surface area contributed by atoms with Crippen molar-refractivity contribution in [3.8, 4) is 0 Å². The highest BCUT2D eigenvalue weighted by Crippen LogP contribution is 2.24. The molecule has 0 saturated carbocycles. The zero-order valence-corrected chi connectivity index (χ0v) is 10.6. The van der Waals surface area contributed by atoms with Gasteiger partial charge in [0.2, 0.25) is 0 Å². The molecule has 2 atom stereocenters. The highest BCUT2D eigenvalue weighted by Gasteiger charge is 2.12. The van der Waals surface area contributed by atoms with Crippen molar-refractivity contribution < 1.29 is 9.84 Å². The molecule has 1 aromatic rings. The van der Waals surface area contributed by atoms with E-state index < -0.39 is 0 Å². The molecule has 3 nitrogen and oxygen atoms in total. The molecule has 90 valence electrons. The van der Waals surface area contributed by atoms with Gasteiger partial charge >= 0.3 is 0 Å². The zero-order valence-electron chi connectivity index (χ0n) is 9.83. The van der Waals surface area contributed by atoms with Crippen LogP contribution in [0.3, 0.4) is 0 Å². The van der Waals surface area contributed by atoms with Crippen molar-refractivity contribution in [2.75, 3.05) is 12.4 Å². The molecule has 0 fully saturated rings. The Morgan fingerprint density at radius 1 is 1.44 bits per heavy atom. The molecular weight excluding hydrogens is 226 g/mol. The minimum atomic E-state index is 0.0139. The number of aliphatic hydroxyl groups excluding tert-OH is 1. The van der Waals surface area contributed by atoms with Gasteiger partial charge < -0.3 is 15.2 Å². The van der Waals surface area contributed by atoms with Gasteiger partial charge in [-0.2, -0.15) is 0 Å².